The molecule has 0 spiro atoms. The number of sulfonamides is 1. The largest absolute Gasteiger partial charge is 0.243 e. The van der Waals surface area contributed by atoms with Gasteiger partial charge in [-0.15, -0.1) is 0 Å². The van der Waals surface area contributed by atoms with Crippen molar-refractivity contribution in [1.29, 1.82) is 0 Å². The zero-order valence-corrected chi connectivity index (χ0v) is 10.4. The standard InChI is InChI=1S/C12H17NO2S/c1-10(2)12-8-9-13(12)16(14,15)11-6-4-3-5-7-11/h3-7,10,12H,8-9H2,1-2H3/t12-/m0/s1. The fourth-order valence-electron chi connectivity index (χ4n) is 2.08. The van der Waals surface area contributed by atoms with Gasteiger partial charge in [-0.05, 0) is 24.5 Å². The fourth-order valence-corrected chi connectivity index (χ4v) is 3.90. The molecule has 4 heteroatoms. The smallest absolute Gasteiger partial charge is 0.207 e. The van der Waals surface area contributed by atoms with Gasteiger partial charge in [-0.2, -0.15) is 4.31 Å². The first-order chi connectivity index (χ1) is 7.53. The maximum Gasteiger partial charge on any atom is 0.243 e. The van der Waals surface area contributed by atoms with E-state index in [0.717, 1.165) is 6.42 Å². The molecule has 1 fully saturated rings. The highest BCUT2D eigenvalue weighted by Gasteiger charge is 2.39. The molecular weight excluding hydrogens is 222 g/mol. The van der Waals surface area contributed by atoms with E-state index in [1.807, 2.05) is 6.07 Å². The van der Waals surface area contributed by atoms with Crippen molar-refractivity contribution in [2.45, 2.75) is 31.2 Å². The molecule has 16 heavy (non-hydrogen) atoms. The topological polar surface area (TPSA) is 37.4 Å². The third kappa shape index (κ3) is 1.87. The minimum atomic E-state index is -3.26. The highest BCUT2D eigenvalue weighted by Crippen LogP contribution is 2.30. The number of nitrogens with zero attached hydrogens (tertiary/aromatic N) is 1. The summed E-state index contributed by atoms with van der Waals surface area (Å²) < 4.78 is 26.1. The van der Waals surface area contributed by atoms with Gasteiger partial charge in [0.1, 0.15) is 0 Å². The number of hydrogen-bond donors (Lipinski definition) is 0. The molecule has 0 aliphatic carbocycles. The lowest BCUT2D eigenvalue weighted by atomic mass is 9.95. The highest BCUT2D eigenvalue weighted by molar-refractivity contribution is 7.89. The summed E-state index contributed by atoms with van der Waals surface area (Å²) in [6.45, 7) is 4.79. The summed E-state index contributed by atoms with van der Waals surface area (Å²) >= 11 is 0. The third-order valence-corrected chi connectivity index (χ3v) is 5.07. The van der Waals surface area contributed by atoms with E-state index >= 15 is 0 Å². The molecule has 1 aliphatic heterocycles. The van der Waals surface area contributed by atoms with Crippen LogP contribution in [0.4, 0.5) is 0 Å². The molecule has 1 aliphatic rings. The van der Waals surface area contributed by atoms with Crippen LogP contribution in [0.2, 0.25) is 0 Å². The SMILES string of the molecule is CC(C)[C@@H]1CCN1S(=O)(=O)c1ccccc1. The second-order valence-electron chi connectivity index (χ2n) is 4.53. The van der Waals surface area contributed by atoms with Gasteiger partial charge >= 0.3 is 0 Å². The summed E-state index contributed by atoms with van der Waals surface area (Å²) in [7, 11) is -3.26. The van der Waals surface area contributed by atoms with Crippen LogP contribution in [-0.2, 0) is 10.0 Å². The molecule has 0 aromatic heterocycles. The lowest BCUT2D eigenvalue weighted by Gasteiger charge is -2.42. The first-order valence-corrected chi connectivity index (χ1v) is 7.04. The van der Waals surface area contributed by atoms with E-state index in [4.69, 9.17) is 0 Å². The Balaban J connectivity index is 2.28. The van der Waals surface area contributed by atoms with Gasteiger partial charge in [0.05, 0.1) is 4.90 Å². The summed E-state index contributed by atoms with van der Waals surface area (Å²) in [5, 5.41) is 0. The molecule has 1 saturated heterocycles. The van der Waals surface area contributed by atoms with Crippen molar-refractivity contribution in [3.8, 4) is 0 Å². The summed E-state index contributed by atoms with van der Waals surface area (Å²) in [5.74, 6) is 0.382. The van der Waals surface area contributed by atoms with E-state index in [0.29, 0.717) is 17.4 Å². The molecule has 2 rings (SSSR count). The average molecular weight is 239 g/mol. The first-order valence-electron chi connectivity index (χ1n) is 5.60. The molecule has 1 aromatic carbocycles. The first kappa shape index (κ1) is 11.6. The van der Waals surface area contributed by atoms with Gasteiger partial charge in [0, 0.05) is 12.6 Å². The summed E-state index contributed by atoms with van der Waals surface area (Å²) in [5.41, 5.74) is 0. The summed E-state index contributed by atoms with van der Waals surface area (Å²) in [6, 6.07) is 8.84. The van der Waals surface area contributed by atoms with Crippen LogP contribution in [0.5, 0.6) is 0 Å². The molecule has 0 saturated carbocycles. The lowest BCUT2D eigenvalue weighted by molar-refractivity contribution is 0.150. The monoisotopic (exact) mass is 239 g/mol. The minimum Gasteiger partial charge on any atom is -0.207 e. The predicted molar refractivity (Wildman–Crippen MR) is 63.6 cm³/mol. The quantitative estimate of drug-likeness (QED) is 0.810. The fraction of sp³-hybridized carbons (Fsp3) is 0.500. The molecule has 0 N–H and O–H groups in total. The van der Waals surface area contributed by atoms with E-state index in [1.54, 1.807) is 28.6 Å². The van der Waals surface area contributed by atoms with Gasteiger partial charge in [0.25, 0.3) is 0 Å². The van der Waals surface area contributed by atoms with Crippen molar-refractivity contribution in [2.24, 2.45) is 5.92 Å². The van der Waals surface area contributed by atoms with E-state index in [1.165, 1.54) is 0 Å². The average Bonchev–Trinajstić information content (AvgIpc) is 2.15. The molecule has 0 amide bonds. The van der Waals surface area contributed by atoms with Crippen LogP contribution in [0.3, 0.4) is 0 Å². The molecule has 1 heterocycles. The molecule has 1 aromatic rings. The number of rotatable bonds is 3. The Morgan fingerprint density at radius 3 is 2.31 bits per heavy atom. The summed E-state index contributed by atoms with van der Waals surface area (Å²) in [6.07, 6.45) is 0.976. The molecule has 3 nitrogen and oxygen atoms in total. The van der Waals surface area contributed by atoms with Crippen molar-refractivity contribution in [3.05, 3.63) is 30.3 Å². The van der Waals surface area contributed by atoms with Gasteiger partial charge in [-0.3, -0.25) is 0 Å². The van der Waals surface area contributed by atoms with Crippen LogP contribution in [-0.4, -0.2) is 25.3 Å². The van der Waals surface area contributed by atoms with E-state index in [2.05, 4.69) is 13.8 Å². The third-order valence-electron chi connectivity index (χ3n) is 3.13. The van der Waals surface area contributed by atoms with Crippen LogP contribution in [0.15, 0.2) is 35.2 Å². The number of benzene rings is 1. The van der Waals surface area contributed by atoms with E-state index in [-0.39, 0.29) is 6.04 Å². The maximum atomic E-state index is 12.3. The zero-order valence-electron chi connectivity index (χ0n) is 9.63. The van der Waals surface area contributed by atoms with Crippen LogP contribution < -0.4 is 0 Å². The van der Waals surface area contributed by atoms with Crippen molar-refractivity contribution < 1.29 is 8.42 Å². The predicted octanol–water partition coefficient (Wildman–Crippen LogP) is 2.11. The van der Waals surface area contributed by atoms with Gasteiger partial charge in [-0.25, -0.2) is 8.42 Å². The normalized spacial score (nSPS) is 22.1. The molecule has 88 valence electrons. The van der Waals surface area contributed by atoms with Crippen LogP contribution in [0, 0.1) is 5.92 Å². The summed E-state index contributed by atoms with van der Waals surface area (Å²) in [4.78, 5) is 0.403. The van der Waals surface area contributed by atoms with Crippen molar-refractivity contribution >= 4 is 10.0 Å². The Labute approximate surface area is 97.1 Å². The van der Waals surface area contributed by atoms with Crippen molar-refractivity contribution in [2.75, 3.05) is 6.54 Å². The molecule has 1 atom stereocenters. The lowest BCUT2D eigenvalue weighted by Crippen LogP contribution is -2.53. The maximum absolute atomic E-state index is 12.3. The van der Waals surface area contributed by atoms with Gasteiger partial charge in [-0.1, -0.05) is 32.0 Å². The Bertz CT molecular complexity index is 453. The van der Waals surface area contributed by atoms with Gasteiger partial charge < -0.3 is 0 Å². The highest BCUT2D eigenvalue weighted by atomic mass is 32.2. The molecule has 0 bridgehead atoms. The molecule has 0 unspecified atom stereocenters. The van der Waals surface area contributed by atoms with Crippen molar-refractivity contribution in [3.63, 3.8) is 0 Å². The van der Waals surface area contributed by atoms with Crippen LogP contribution >= 0.6 is 0 Å². The Kier molecular flexibility index (Phi) is 3.04. The molecular formula is C12H17NO2S. The van der Waals surface area contributed by atoms with Crippen LogP contribution in [0.25, 0.3) is 0 Å². The Hall–Kier alpha value is -0.870. The van der Waals surface area contributed by atoms with Crippen LogP contribution in [0.1, 0.15) is 20.3 Å². The molecule has 0 radical (unpaired) electrons. The van der Waals surface area contributed by atoms with Crippen molar-refractivity contribution in [1.82, 2.24) is 4.31 Å². The van der Waals surface area contributed by atoms with Gasteiger partial charge in [0.2, 0.25) is 10.0 Å². The van der Waals surface area contributed by atoms with E-state index in [9.17, 15) is 8.42 Å². The zero-order chi connectivity index (χ0) is 11.8. The number of hydrogen-bond acceptors (Lipinski definition) is 2. The van der Waals surface area contributed by atoms with Gasteiger partial charge in [0.15, 0.2) is 0 Å². The second-order valence-corrected chi connectivity index (χ2v) is 6.42. The second kappa shape index (κ2) is 4.18. The Morgan fingerprint density at radius 1 is 1.25 bits per heavy atom. The van der Waals surface area contributed by atoms with E-state index < -0.39 is 10.0 Å². The Morgan fingerprint density at radius 2 is 1.88 bits per heavy atom. The minimum absolute atomic E-state index is 0.171.